The number of nitrogens with one attached hydrogen (secondary N) is 1. The first-order valence-electron chi connectivity index (χ1n) is 5.54. The Kier molecular flexibility index (Phi) is 5.05. The van der Waals surface area contributed by atoms with Gasteiger partial charge >= 0.3 is 0 Å². The lowest BCUT2D eigenvalue weighted by Crippen LogP contribution is -2.13. The summed E-state index contributed by atoms with van der Waals surface area (Å²) in [5, 5.41) is 4.97. The molecule has 1 atom stereocenters. The Hall–Kier alpha value is -0.290. The molecular formula is C11H21N3S2. The van der Waals surface area contributed by atoms with Gasteiger partial charge in [0.25, 0.3) is 0 Å². The molecule has 1 N–H and O–H groups in total. The third kappa shape index (κ3) is 4.29. The maximum Gasteiger partial charge on any atom is 0.202 e. The van der Waals surface area contributed by atoms with Crippen molar-refractivity contribution in [2.45, 2.75) is 44.8 Å². The van der Waals surface area contributed by atoms with Crippen molar-refractivity contribution in [1.29, 1.82) is 0 Å². The van der Waals surface area contributed by atoms with Crippen molar-refractivity contribution >= 4 is 28.4 Å². The molecule has 1 aromatic heterocycles. The van der Waals surface area contributed by atoms with E-state index in [-0.39, 0.29) is 5.41 Å². The summed E-state index contributed by atoms with van der Waals surface area (Å²) < 4.78 is 4.37. The van der Waals surface area contributed by atoms with Crippen molar-refractivity contribution in [3.8, 4) is 0 Å². The largest absolute Gasteiger partial charge is 0.360 e. The highest BCUT2D eigenvalue weighted by Crippen LogP contribution is 2.23. The van der Waals surface area contributed by atoms with Gasteiger partial charge < -0.3 is 5.32 Å². The molecule has 0 saturated carbocycles. The summed E-state index contributed by atoms with van der Waals surface area (Å²) >= 11 is 3.35. The minimum atomic E-state index is 0.0446. The number of thioether (sulfide) groups is 1. The van der Waals surface area contributed by atoms with E-state index in [1.54, 1.807) is 0 Å². The molecule has 5 heteroatoms. The van der Waals surface area contributed by atoms with E-state index in [4.69, 9.17) is 0 Å². The summed E-state index contributed by atoms with van der Waals surface area (Å²) in [7, 11) is 0. The van der Waals surface area contributed by atoms with E-state index in [1.807, 2.05) is 11.8 Å². The number of hydrogen-bond donors (Lipinski definition) is 1. The van der Waals surface area contributed by atoms with Crippen LogP contribution in [0.1, 0.15) is 39.9 Å². The van der Waals surface area contributed by atoms with Crippen molar-refractivity contribution < 1.29 is 0 Å². The predicted molar refractivity (Wildman–Crippen MR) is 74.7 cm³/mol. The van der Waals surface area contributed by atoms with Crippen LogP contribution in [0.2, 0.25) is 0 Å². The first-order valence-corrected chi connectivity index (χ1v) is 7.60. The lowest BCUT2D eigenvalue weighted by molar-refractivity contribution is 0.555. The SMILES string of the molecule is CSC(C)CCNc1nc(C(C)(C)C)ns1. The van der Waals surface area contributed by atoms with Crippen LogP contribution in [0.15, 0.2) is 0 Å². The van der Waals surface area contributed by atoms with E-state index in [9.17, 15) is 0 Å². The molecule has 0 aliphatic rings. The van der Waals surface area contributed by atoms with Crippen molar-refractivity contribution in [1.82, 2.24) is 9.36 Å². The molecule has 0 aliphatic heterocycles. The van der Waals surface area contributed by atoms with Crippen LogP contribution in [0.3, 0.4) is 0 Å². The van der Waals surface area contributed by atoms with Gasteiger partial charge in [-0.05, 0) is 12.7 Å². The Morgan fingerprint density at radius 1 is 1.44 bits per heavy atom. The number of aromatic nitrogens is 2. The molecule has 16 heavy (non-hydrogen) atoms. The van der Waals surface area contributed by atoms with Gasteiger partial charge in [-0.1, -0.05) is 27.7 Å². The van der Waals surface area contributed by atoms with E-state index < -0.39 is 0 Å². The molecule has 0 radical (unpaired) electrons. The Morgan fingerprint density at radius 2 is 2.12 bits per heavy atom. The van der Waals surface area contributed by atoms with Crippen molar-refractivity contribution in [2.24, 2.45) is 0 Å². The maximum atomic E-state index is 4.49. The van der Waals surface area contributed by atoms with Crippen LogP contribution >= 0.6 is 23.3 Å². The molecular weight excluding hydrogens is 238 g/mol. The van der Waals surface area contributed by atoms with Crippen LogP contribution < -0.4 is 5.32 Å². The zero-order valence-corrected chi connectivity index (χ0v) is 12.3. The summed E-state index contributed by atoms with van der Waals surface area (Å²) in [6, 6.07) is 0. The normalized spacial score (nSPS) is 13.8. The van der Waals surface area contributed by atoms with Crippen molar-refractivity contribution in [3.05, 3.63) is 5.82 Å². The monoisotopic (exact) mass is 259 g/mol. The summed E-state index contributed by atoms with van der Waals surface area (Å²) in [5.41, 5.74) is 0.0446. The number of nitrogens with zero attached hydrogens (tertiary/aromatic N) is 2. The van der Waals surface area contributed by atoms with E-state index in [0.717, 1.165) is 23.9 Å². The Bertz CT molecular complexity index is 317. The lowest BCUT2D eigenvalue weighted by Gasteiger charge is -2.12. The average molecular weight is 259 g/mol. The fraction of sp³-hybridized carbons (Fsp3) is 0.818. The van der Waals surface area contributed by atoms with Crippen LogP contribution in [0.4, 0.5) is 5.13 Å². The Morgan fingerprint density at radius 3 is 2.62 bits per heavy atom. The third-order valence-corrected chi connectivity index (χ3v) is 4.04. The predicted octanol–water partition coefficient (Wildman–Crippen LogP) is 3.39. The van der Waals surface area contributed by atoms with Crippen LogP contribution in [-0.4, -0.2) is 27.4 Å². The summed E-state index contributed by atoms with van der Waals surface area (Å²) in [6.07, 6.45) is 3.30. The zero-order valence-electron chi connectivity index (χ0n) is 10.7. The van der Waals surface area contributed by atoms with E-state index >= 15 is 0 Å². The highest BCUT2D eigenvalue weighted by molar-refractivity contribution is 7.99. The summed E-state index contributed by atoms with van der Waals surface area (Å²) in [4.78, 5) is 4.49. The third-order valence-electron chi connectivity index (χ3n) is 2.33. The van der Waals surface area contributed by atoms with Gasteiger partial charge in [0.2, 0.25) is 5.13 Å². The number of rotatable bonds is 5. The minimum Gasteiger partial charge on any atom is -0.360 e. The van der Waals surface area contributed by atoms with Gasteiger partial charge in [0.1, 0.15) is 5.82 Å². The molecule has 1 rings (SSSR count). The van der Waals surface area contributed by atoms with E-state index in [1.165, 1.54) is 11.5 Å². The smallest absolute Gasteiger partial charge is 0.202 e. The van der Waals surface area contributed by atoms with Gasteiger partial charge in [0.05, 0.1) is 0 Å². The summed E-state index contributed by atoms with van der Waals surface area (Å²) in [6.45, 7) is 9.62. The molecule has 0 aromatic carbocycles. The fourth-order valence-electron chi connectivity index (χ4n) is 1.10. The van der Waals surface area contributed by atoms with Crippen LogP contribution in [0.5, 0.6) is 0 Å². The zero-order chi connectivity index (χ0) is 12.2. The minimum absolute atomic E-state index is 0.0446. The Balaban J connectivity index is 2.41. The molecule has 1 heterocycles. The van der Waals surface area contributed by atoms with Gasteiger partial charge in [-0.2, -0.15) is 16.1 Å². The summed E-state index contributed by atoms with van der Waals surface area (Å²) in [5.74, 6) is 0.929. The van der Waals surface area contributed by atoms with Crippen LogP contribution in [-0.2, 0) is 5.41 Å². The molecule has 0 bridgehead atoms. The number of anilines is 1. The first kappa shape index (κ1) is 13.8. The van der Waals surface area contributed by atoms with Crippen LogP contribution in [0, 0.1) is 0 Å². The number of hydrogen-bond acceptors (Lipinski definition) is 5. The molecule has 92 valence electrons. The van der Waals surface area contributed by atoms with Gasteiger partial charge in [-0.25, -0.2) is 4.98 Å². The van der Waals surface area contributed by atoms with Gasteiger partial charge in [-0.15, -0.1) is 0 Å². The highest BCUT2D eigenvalue weighted by Gasteiger charge is 2.19. The molecule has 3 nitrogen and oxygen atoms in total. The van der Waals surface area contributed by atoms with Crippen molar-refractivity contribution in [2.75, 3.05) is 18.1 Å². The van der Waals surface area contributed by atoms with Gasteiger partial charge in [0, 0.05) is 28.7 Å². The molecule has 0 aliphatic carbocycles. The second-order valence-corrected chi connectivity index (χ2v) is 6.96. The van der Waals surface area contributed by atoms with E-state index in [2.05, 4.69) is 48.6 Å². The fourth-order valence-corrected chi connectivity index (χ4v) is 2.24. The van der Waals surface area contributed by atoms with E-state index in [0.29, 0.717) is 5.25 Å². The molecule has 0 fully saturated rings. The van der Waals surface area contributed by atoms with Gasteiger partial charge in [-0.3, -0.25) is 0 Å². The van der Waals surface area contributed by atoms with Gasteiger partial charge in [0.15, 0.2) is 0 Å². The molecule has 1 unspecified atom stereocenters. The van der Waals surface area contributed by atoms with Crippen molar-refractivity contribution in [3.63, 3.8) is 0 Å². The Labute approximate surface area is 107 Å². The average Bonchev–Trinajstić information content (AvgIpc) is 2.65. The first-order chi connectivity index (χ1) is 7.43. The maximum absolute atomic E-state index is 4.49. The molecule has 0 saturated heterocycles. The van der Waals surface area contributed by atoms with Crippen LogP contribution in [0.25, 0.3) is 0 Å². The lowest BCUT2D eigenvalue weighted by atomic mass is 9.96. The molecule has 0 amide bonds. The highest BCUT2D eigenvalue weighted by atomic mass is 32.2. The standard InChI is InChI=1S/C11H21N3S2/c1-8(15-5)6-7-12-10-13-9(14-16-10)11(2,3)4/h8H,6-7H2,1-5H3,(H,12,13,14). The second-order valence-electron chi connectivity index (χ2n) is 4.93. The second kappa shape index (κ2) is 5.87. The topological polar surface area (TPSA) is 37.8 Å². The quantitative estimate of drug-likeness (QED) is 0.879. The molecule has 1 aromatic rings. The molecule has 0 spiro atoms.